The van der Waals surface area contributed by atoms with Crippen LogP contribution in [-0.2, 0) is 4.74 Å². The van der Waals surface area contributed by atoms with Crippen LogP contribution in [-0.4, -0.2) is 12.7 Å². The normalized spacial score (nSPS) is 37.4. The molecule has 0 aliphatic heterocycles. The Morgan fingerprint density at radius 2 is 1.67 bits per heavy atom. The lowest BCUT2D eigenvalue weighted by atomic mass is 9.68. The molecule has 0 saturated heterocycles. The van der Waals surface area contributed by atoms with Crippen LogP contribution >= 0.6 is 0 Å². The second-order valence-electron chi connectivity index (χ2n) is 10.8. The minimum absolute atomic E-state index is 0.265. The zero-order chi connectivity index (χ0) is 20.9. The summed E-state index contributed by atoms with van der Waals surface area (Å²) < 4.78 is 6.24. The molecule has 4 aliphatic carbocycles. The van der Waals surface area contributed by atoms with Gasteiger partial charge in [0.15, 0.2) is 0 Å². The first-order valence-corrected chi connectivity index (χ1v) is 13.0. The number of hydrogen-bond acceptors (Lipinski definition) is 1. The molecule has 2 atom stereocenters. The van der Waals surface area contributed by atoms with E-state index < -0.39 is 0 Å². The summed E-state index contributed by atoms with van der Waals surface area (Å²) in [6.07, 6.45) is 27.6. The van der Waals surface area contributed by atoms with Gasteiger partial charge in [-0.3, -0.25) is 0 Å². The average Bonchev–Trinajstić information content (AvgIpc) is 2.78. The quantitative estimate of drug-likeness (QED) is 0.430. The largest absolute Gasteiger partial charge is 0.369 e. The third-order valence-corrected chi connectivity index (χ3v) is 8.51. The zero-order valence-electron chi connectivity index (χ0n) is 19.7. The summed E-state index contributed by atoms with van der Waals surface area (Å²) in [7, 11) is 0. The standard InChI is InChI=1S/C29H44O/c1-4-23-5-7-25(8-6-23)26-9-11-27(12-10-26)28-13-15-29(16-14-28)30-20-24-18-21(2)17-22(3)19-24/h13-15,17-18,22-23,25-27,29H,4-12,16,19-20H2,1-3H3. The van der Waals surface area contributed by atoms with Gasteiger partial charge in [-0.25, -0.2) is 0 Å². The van der Waals surface area contributed by atoms with Crippen LogP contribution in [0.15, 0.2) is 47.1 Å². The average molecular weight is 409 g/mol. The topological polar surface area (TPSA) is 9.23 Å². The summed E-state index contributed by atoms with van der Waals surface area (Å²) in [4.78, 5) is 0. The lowest BCUT2D eigenvalue weighted by molar-refractivity contribution is 0.102. The number of allylic oxidation sites excluding steroid dienone is 5. The van der Waals surface area contributed by atoms with E-state index in [1.807, 2.05) is 0 Å². The van der Waals surface area contributed by atoms with E-state index >= 15 is 0 Å². The monoisotopic (exact) mass is 408 g/mol. The molecule has 0 bridgehead atoms. The van der Waals surface area contributed by atoms with Gasteiger partial charge in [-0.05, 0) is 99.0 Å². The van der Waals surface area contributed by atoms with Gasteiger partial charge in [0.2, 0.25) is 0 Å². The van der Waals surface area contributed by atoms with Crippen LogP contribution in [0.5, 0.6) is 0 Å². The zero-order valence-corrected chi connectivity index (χ0v) is 19.7. The molecule has 1 heteroatoms. The molecule has 0 aromatic carbocycles. The molecule has 2 saturated carbocycles. The van der Waals surface area contributed by atoms with Crippen LogP contribution in [0, 0.1) is 29.6 Å². The first-order chi connectivity index (χ1) is 14.6. The second kappa shape index (κ2) is 10.5. The van der Waals surface area contributed by atoms with Crippen molar-refractivity contribution in [2.75, 3.05) is 6.61 Å². The maximum atomic E-state index is 6.24. The van der Waals surface area contributed by atoms with Gasteiger partial charge in [0.25, 0.3) is 0 Å². The maximum Gasteiger partial charge on any atom is 0.0797 e. The molecule has 0 N–H and O–H groups in total. The maximum absolute atomic E-state index is 6.24. The molecule has 2 fully saturated rings. The Balaban J connectivity index is 1.19. The smallest absolute Gasteiger partial charge is 0.0797 e. The van der Waals surface area contributed by atoms with Crippen LogP contribution in [0.2, 0.25) is 0 Å². The molecular formula is C29H44O. The fourth-order valence-electron chi connectivity index (χ4n) is 6.70. The van der Waals surface area contributed by atoms with Gasteiger partial charge in [-0.2, -0.15) is 0 Å². The summed E-state index contributed by atoms with van der Waals surface area (Å²) in [5.74, 6) is 4.55. The van der Waals surface area contributed by atoms with Crippen LogP contribution in [0.1, 0.15) is 91.4 Å². The molecule has 0 spiro atoms. The van der Waals surface area contributed by atoms with Crippen molar-refractivity contribution in [3.63, 3.8) is 0 Å². The van der Waals surface area contributed by atoms with E-state index in [1.165, 1.54) is 68.9 Å². The lowest BCUT2D eigenvalue weighted by Crippen LogP contribution is -2.26. The van der Waals surface area contributed by atoms with Crippen molar-refractivity contribution in [2.45, 2.75) is 97.5 Å². The fourth-order valence-corrected chi connectivity index (χ4v) is 6.70. The minimum atomic E-state index is 0.265. The molecule has 4 aliphatic rings. The van der Waals surface area contributed by atoms with Crippen molar-refractivity contribution < 1.29 is 4.74 Å². The van der Waals surface area contributed by atoms with Gasteiger partial charge in [0.05, 0.1) is 12.7 Å². The Kier molecular flexibility index (Phi) is 7.74. The fraction of sp³-hybridized carbons (Fsp3) is 0.724. The first kappa shape index (κ1) is 22.1. The Labute approximate surface area is 185 Å². The van der Waals surface area contributed by atoms with Crippen molar-refractivity contribution in [1.82, 2.24) is 0 Å². The van der Waals surface area contributed by atoms with E-state index in [9.17, 15) is 0 Å². The van der Waals surface area contributed by atoms with E-state index in [0.717, 1.165) is 43.1 Å². The van der Waals surface area contributed by atoms with E-state index in [4.69, 9.17) is 4.74 Å². The van der Waals surface area contributed by atoms with Gasteiger partial charge in [0.1, 0.15) is 0 Å². The van der Waals surface area contributed by atoms with Gasteiger partial charge >= 0.3 is 0 Å². The van der Waals surface area contributed by atoms with E-state index in [-0.39, 0.29) is 6.10 Å². The van der Waals surface area contributed by atoms with Gasteiger partial charge in [-0.1, -0.05) is 69.1 Å². The highest BCUT2D eigenvalue weighted by Crippen LogP contribution is 2.43. The Hall–Kier alpha value is -1.08. The molecule has 0 aromatic heterocycles. The third kappa shape index (κ3) is 5.78. The summed E-state index contributed by atoms with van der Waals surface area (Å²) in [6.45, 7) is 7.68. The molecule has 4 rings (SSSR count). The number of rotatable bonds is 6. The van der Waals surface area contributed by atoms with Gasteiger partial charge in [0, 0.05) is 0 Å². The highest BCUT2D eigenvalue weighted by molar-refractivity contribution is 5.29. The molecule has 166 valence electrons. The van der Waals surface area contributed by atoms with Crippen LogP contribution in [0.4, 0.5) is 0 Å². The summed E-state index contributed by atoms with van der Waals surface area (Å²) in [5, 5.41) is 0. The Bertz CT molecular complexity index is 677. The van der Waals surface area contributed by atoms with E-state index in [0.29, 0.717) is 5.92 Å². The highest BCUT2D eigenvalue weighted by atomic mass is 16.5. The predicted molar refractivity (Wildman–Crippen MR) is 128 cm³/mol. The van der Waals surface area contributed by atoms with Crippen molar-refractivity contribution in [3.05, 3.63) is 47.1 Å². The Morgan fingerprint density at radius 3 is 2.27 bits per heavy atom. The van der Waals surface area contributed by atoms with Crippen molar-refractivity contribution >= 4 is 0 Å². The molecule has 0 aromatic rings. The second-order valence-corrected chi connectivity index (χ2v) is 10.8. The highest BCUT2D eigenvalue weighted by Gasteiger charge is 2.31. The minimum Gasteiger partial charge on any atom is -0.369 e. The molecule has 0 radical (unpaired) electrons. The summed E-state index contributed by atoms with van der Waals surface area (Å²) >= 11 is 0. The Morgan fingerprint density at radius 1 is 0.967 bits per heavy atom. The SMILES string of the molecule is CCC1CCC(C2CCC(C3=CCC(OCC4=CC(C)=CC(C)C4)C=C3)CC2)CC1. The van der Waals surface area contributed by atoms with Gasteiger partial charge in [-0.15, -0.1) is 0 Å². The molecule has 2 unspecified atom stereocenters. The van der Waals surface area contributed by atoms with Crippen LogP contribution in [0.3, 0.4) is 0 Å². The van der Waals surface area contributed by atoms with Crippen LogP contribution < -0.4 is 0 Å². The van der Waals surface area contributed by atoms with E-state index in [2.05, 4.69) is 51.2 Å². The number of ether oxygens (including phenoxy) is 1. The third-order valence-electron chi connectivity index (χ3n) is 8.51. The van der Waals surface area contributed by atoms with Crippen LogP contribution in [0.25, 0.3) is 0 Å². The van der Waals surface area contributed by atoms with E-state index in [1.54, 1.807) is 5.57 Å². The summed E-state index contributed by atoms with van der Waals surface area (Å²) in [5.41, 5.74) is 4.45. The lowest BCUT2D eigenvalue weighted by Gasteiger charge is -2.38. The predicted octanol–water partition coefficient (Wildman–Crippen LogP) is 8.19. The number of hydrogen-bond donors (Lipinski definition) is 0. The van der Waals surface area contributed by atoms with Crippen molar-refractivity contribution in [2.24, 2.45) is 29.6 Å². The summed E-state index contributed by atoms with van der Waals surface area (Å²) in [6, 6.07) is 0. The molecule has 30 heavy (non-hydrogen) atoms. The van der Waals surface area contributed by atoms with Crippen molar-refractivity contribution in [1.29, 1.82) is 0 Å². The van der Waals surface area contributed by atoms with Crippen molar-refractivity contribution in [3.8, 4) is 0 Å². The first-order valence-electron chi connectivity index (χ1n) is 13.0. The molecule has 0 amide bonds. The van der Waals surface area contributed by atoms with Gasteiger partial charge < -0.3 is 4.74 Å². The molecular weight excluding hydrogens is 364 g/mol. The molecule has 1 nitrogen and oxygen atoms in total. The molecule has 0 heterocycles.